The number of nitrogens with zero attached hydrogens (tertiary/aromatic N) is 1. The number of amides is 1. The first-order valence-electron chi connectivity index (χ1n) is 8.13. The first kappa shape index (κ1) is 14.7. The van der Waals surface area contributed by atoms with Crippen molar-refractivity contribution in [3.63, 3.8) is 0 Å². The number of hydrogen-bond acceptors (Lipinski definition) is 3. The Hall–Kier alpha value is -2.88. The van der Waals surface area contributed by atoms with E-state index < -0.39 is 0 Å². The summed E-state index contributed by atoms with van der Waals surface area (Å²) in [6.45, 7) is 3.26. The molecule has 0 spiro atoms. The first-order chi connectivity index (χ1) is 11.6. The van der Waals surface area contributed by atoms with Gasteiger partial charge in [-0.3, -0.25) is 14.5 Å². The first-order valence-corrected chi connectivity index (χ1v) is 8.13. The molecule has 1 fully saturated rings. The molecule has 0 unspecified atom stereocenters. The minimum Gasteiger partial charge on any atom is -0.369 e. The number of carbonyl (C=O) groups excluding carboxylic acids is 2. The molecule has 1 saturated heterocycles. The van der Waals surface area contributed by atoms with Crippen LogP contribution in [0, 0.1) is 6.92 Å². The van der Waals surface area contributed by atoms with Crippen LogP contribution in [-0.2, 0) is 6.42 Å². The highest BCUT2D eigenvalue weighted by Crippen LogP contribution is 2.28. The zero-order valence-corrected chi connectivity index (χ0v) is 13.5. The second-order valence-electron chi connectivity index (χ2n) is 6.24. The van der Waals surface area contributed by atoms with E-state index >= 15 is 0 Å². The fourth-order valence-electron chi connectivity index (χ4n) is 3.34. The maximum Gasteiger partial charge on any atom is 0.259 e. The van der Waals surface area contributed by atoms with Gasteiger partial charge in [-0.15, -0.1) is 0 Å². The molecule has 0 saturated carbocycles. The van der Waals surface area contributed by atoms with Gasteiger partial charge in [-0.25, -0.2) is 0 Å². The minimum atomic E-state index is -0.0303. The van der Waals surface area contributed by atoms with Crippen molar-refractivity contribution in [2.75, 3.05) is 13.1 Å². The summed E-state index contributed by atoms with van der Waals surface area (Å²) in [4.78, 5) is 27.6. The zero-order chi connectivity index (χ0) is 16.7. The topological polar surface area (TPSA) is 49.4 Å². The molecule has 2 heterocycles. The van der Waals surface area contributed by atoms with Gasteiger partial charge in [0.2, 0.25) is 0 Å². The molecule has 0 atom stereocenters. The smallest absolute Gasteiger partial charge is 0.259 e. The summed E-state index contributed by atoms with van der Waals surface area (Å²) in [6, 6.07) is 15.1. The lowest BCUT2D eigenvalue weighted by Gasteiger charge is -2.17. The van der Waals surface area contributed by atoms with E-state index in [2.05, 4.69) is 5.32 Å². The van der Waals surface area contributed by atoms with Crippen LogP contribution in [0.1, 0.15) is 31.8 Å². The van der Waals surface area contributed by atoms with Crippen LogP contribution in [0.2, 0.25) is 0 Å². The average molecular weight is 318 g/mol. The Morgan fingerprint density at radius 3 is 2.62 bits per heavy atom. The van der Waals surface area contributed by atoms with Crippen LogP contribution in [0.5, 0.6) is 0 Å². The lowest BCUT2D eigenvalue weighted by molar-refractivity contribution is 0.0826. The average Bonchev–Trinajstić information content (AvgIpc) is 3.05. The van der Waals surface area contributed by atoms with Crippen LogP contribution >= 0.6 is 0 Å². The molecular weight excluding hydrogens is 300 g/mol. The monoisotopic (exact) mass is 318 g/mol. The van der Waals surface area contributed by atoms with Crippen LogP contribution < -0.4 is 5.32 Å². The number of Topliss-reactive ketones (excluding diaryl/α,β-unsaturated/α-hetero) is 1. The number of fused-ring (bicyclic) bond motifs is 2. The molecule has 4 nitrogen and oxygen atoms in total. The van der Waals surface area contributed by atoms with Gasteiger partial charge in [-0.2, -0.15) is 0 Å². The van der Waals surface area contributed by atoms with Gasteiger partial charge in [0.1, 0.15) is 5.82 Å². The lowest BCUT2D eigenvalue weighted by atomic mass is 9.95. The molecule has 0 aliphatic carbocycles. The standard InChI is InChI=1S/C20H18N2O2/c1-13-6-8-14(9-7-13)18(23)17-12-15-4-2-3-5-16(15)20(24)22-11-10-21-19(17)22/h2-9,21H,10-12H2,1H3. The summed E-state index contributed by atoms with van der Waals surface area (Å²) in [5.74, 6) is 0.619. The van der Waals surface area contributed by atoms with Gasteiger partial charge in [0.05, 0.1) is 0 Å². The summed E-state index contributed by atoms with van der Waals surface area (Å²) >= 11 is 0. The third kappa shape index (κ3) is 2.31. The molecule has 2 aliphatic rings. The van der Waals surface area contributed by atoms with E-state index in [1.807, 2.05) is 55.5 Å². The van der Waals surface area contributed by atoms with E-state index in [1.165, 1.54) is 0 Å². The van der Waals surface area contributed by atoms with Crippen LogP contribution in [-0.4, -0.2) is 29.7 Å². The van der Waals surface area contributed by atoms with E-state index in [-0.39, 0.29) is 11.7 Å². The second kappa shape index (κ2) is 5.64. The van der Waals surface area contributed by atoms with Crippen molar-refractivity contribution in [2.24, 2.45) is 0 Å². The molecule has 4 rings (SSSR count). The fourth-order valence-corrected chi connectivity index (χ4v) is 3.34. The molecule has 0 radical (unpaired) electrons. The summed E-state index contributed by atoms with van der Waals surface area (Å²) in [6.07, 6.45) is 0.466. The maximum atomic E-state index is 13.1. The van der Waals surface area contributed by atoms with E-state index in [0.717, 1.165) is 11.1 Å². The maximum absolute atomic E-state index is 13.1. The van der Waals surface area contributed by atoms with Crippen LogP contribution in [0.15, 0.2) is 59.9 Å². The Balaban J connectivity index is 1.83. The van der Waals surface area contributed by atoms with Gasteiger partial charge >= 0.3 is 0 Å². The molecule has 1 N–H and O–H groups in total. The van der Waals surface area contributed by atoms with Gasteiger partial charge in [0.25, 0.3) is 5.91 Å². The highest BCUT2D eigenvalue weighted by atomic mass is 16.2. The number of aryl methyl sites for hydroxylation is 1. The van der Waals surface area contributed by atoms with E-state index in [1.54, 1.807) is 4.90 Å². The number of benzene rings is 2. The Morgan fingerprint density at radius 1 is 1.08 bits per heavy atom. The Labute approximate surface area is 140 Å². The van der Waals surface area contributed by atoms with Crippen LogP contribution in [0.3, 0.4) is 0 Å². The predicted molar refractivity (Wildman–Crippen MR) is 91.7 cm³/mol. The molecule has 2 aromatic rings. The number of nitrogens with one attached hydrogen (secondary N) is 1. The minimum absolute atomic E-state index is 0.0195. The molecule has 2 aliphatic heterocycles. The molecule has 4 heteroatoms. The Morgan fingerprint density at radius 2 is 1.83 bits per heavy atom. The van der Waals surface area contributed by atoms with Gasteiger partial charge in [-0.05, 0) is 18.6 Å². The lowest BCUT2D eigenvalue weighted by Crippen LogP contribution is -2.29. The molecule has 0 bridgehead atoms. The highest BCUT2D eigenvalue weighted by molar-refractivity contribution is 6.11. The summed E-state index contributed by atoms with van der Waals surface area (Å²) in [5.41, 5.74) is 4.02. The van der Waals surface area contributed by atoms with Crippen molar-refractivity contribution >= 4 is 11.7 Å². The predicted octanol–water partition coefficient (Wildman–Crippen LogP) is 2.69. The molecule has 2 aromatic carbocycles. The van der Waals surface area contributed by atoms with Crippen molar-refractivity contribution in [2.45, 2.75) is 13.3 Å². The Bertz CT molecular complexity index is 865. The van der Waals surface area contributed by atoms with Gasteiger partial charge in [0, 0.05) is 36.2 Å². The third-order valence-corrected chi connectivity index (χ3v) is 4.63. The number of carbonyl (C=O) groups is 2. The third-order valence-electron chi connectivity index (χ3n) is 4.63. The zero-order valence-electron chi connectivity index (χ0n) is 13.5. The van der Waals surface area contributed by atoms with Crippen molar-refractivity contribution in [3.05, 3.63) is 82.2 Å². The highest BCUT2D eigenvalue weighted by Gasteiger charge is 2.34. The molecule has 24 heavy (non-hydrogen) atoms. The van der Waals surface area contributed by atoms with E-state index in [0.29, 0.717) is 42.0 Å². The molecule has 0 aromatic heterocycles. The van der Waals surface area contributed by atoms with E-state index in [4.69, 9.17) is 0 Å². The van der Waals surface area contributed by atoms with Gasteiger partial charge < -0.3 is 5.32 Å². The number of rotatable bonds is 2. The summed E-state index contributed by atoms with van der Waals surface area (Å²) < 4.78 is 0. The second-order valence-corrected chi connectivity index (χ2v) is 6.24. The normalized spacial score (nSPS) is 16.4. The summed E-state index contributed by atoms with van der Waals surface area (Å²) in [5, 5.41) is 3.24. The van der Waals surface area contributed by atoms with Crippen molar-refractivity contribution in [1.82, 2.24) is 10.2 Å². The number of hydrogen-bond donors (Lipinski definition) is 1. The van der Waals surface area contributed by atoms with Crippen molar-refractivity contribution in [1.29, 1.82) is 0 Å². The molecular formula is C20H18N2O2. The number of ketones is 1. The van der Waals surface area contributed by atoms with Gasteiger partial charge in [0.15, 0.2) is 5.78 Å². The quantitative estimate of drug-likeness (QED) is 0.866. The number of allylic oxidation sites excluding steroid dienone is 1. The van der Waals surface area contributed by atoms with Crippen LogP contribution in [0.25, 0.3) is 0 Å². The SMILES string of the molecule is Cc1ccc(C(=O)C2=C3NCCN3C(=O)c3ccccc3C2)cc1. The van der Waals surface area contributed by atoms with Crippen LogP contribution in [0.4, 0.5) is 0 Å². The van der Waals surface area contributed by atoms with Crippen molar-refractivity contribution in [3.8, 4) is 0 Å². The van der Waals surface area contributed by atoms with Crippen molar-refractivity contribution < 1.29 is 9.59 Å². The largest absolute Gasteiger partial charge is 0.369 e. The summed E-state index contributed by atoms with van der Waals surface area (Å²) in [7, 11) is 0. The van der Waals surface area contributed by atoms with Gasteiger partial charge in [-0.1, -0.05) is 48.0 Å². The fraction of sp³-hybridized carbons (Fsp3) is 0.200. The Kier molecular flexibility index (Phi) is 3.45. The van der Waals surface area contributed by atoms with E-state index in [9.17, 15) is 9.59 Å². The molecule has 1 amide bonds. The molecule has 120 valence electrons.